The molecule has 0 unspecified atom stereocenters. The van der Waals surface area contributed by atoms with Crippen LogP contribution in [0.4, 0.5) is 0 Å². The Hall–Kier alpha value is -3.15. The van der Waals surface area contributed by atoms with Gasteiger partial charge in [0.2, 0.25) is 0 Å². The van der Waals surface area contributed by atoms with Crippen LogP contribution in [-0.2, 0) is 11.2 Å². The zero-order valence-electron chi connectivity index (χ0n) is 17.5. The van der Waals surface area contributed by atoms with Crippen LogP contribution >= 0.6 is 22.9 Å². The summed E-state index contributed by atoms with van der Waals surface area (Å²) in [6.07, 6.45) is -0.124. The maximum atomic E-state index is 11.7. The molecule has 0 saturated heterocycles. The first-order valence-electron chi connectivity index (χ1n) is 10.3. The van der Waals surface area contributed by atoms with E-state index in [-0.39, 0.29) is 12.3 Å². The molecule has 0 bridgehead atoms. The van der Waals surface area contributed by atoms with Crippen LogP contribution < -0.4 is 4.74 Å². The molecule has 4 nitrogen and oxygen atoms in total. The van der Waals surface area contributed by atoms with Crippen molar-refractivity contribution in [2.75, 3.05) is 6.61 Å². The van der Waals surface area contributed by atoms with Gasteiger partial charge in [0, 0.05) is 15.5 Å². The van der Waals surface area contributed by atoms with Gasteiger partial charge in [0.05, 0.1) is 24.6 Å². The summed E-state index contributed by atoms with van der Waals surface area (Å²) >= 11 is 7.71. The fraction of sp³-hybridized carbons (Fsp3) is 0.154. The van der Waals surface area contributed by atoms with Gasteiger partial charge >= 0.3 is 5.97 Å². The maximum Gasteiger partial charge on any atom is 0.308 e. The molecule has 0 aliphatic rings. The van der Waals surface area contributed by atoms with Crippen LogP contribution in [0.1, 0.15) is 33.9 Å². The molecule has 0 radical (unpaired) electrons. The number of hydrogen-bond donors (Lipinski definition) is 1. The van der Waals surface area contributed by atoms with Gasteiger partial charge in [-0.25, -0.2) is 4.98 Å². The summed E-state index contributed by atoms with van der Waals surface area (Å²) in [5.41, 5.74) is 3.50. The minimum Gasteiger partial charge on any atom is -0.493 e. The van der Waals surface area contributed by atoms with Crippen LogP contribution in [0, 0.1) is 0 Å². The first kappa shape index (κ1) is 22.1. The van der Waals surface area contributed by atoms with Gasteiger partial charge in [-0.05, 0) is 36.2 Å². The van der Waals surface area contributed by atoms with E-state index in [0.717, 1.165) is 16.1 Å². The second kappa shape index (κ2) is 9.98. The normalized spacial score (nSPS) is 11.0. The number of rotatable bonds is 8. The highest BCUT2D eigenvalue weighted by atomic mass is 35.5. The second-order valence-electron chi connectivity index (χ2n) is 7.22. The molecule has 162 valence electrons. The summed E-state index contributed by atoms with van der Waals surface area (Å²) in [6.45, 7) is 2.39. The third-order valence-electron chi connectivity index (χ3n) is 5.04. The summed E-state index contributed by atoms with van der Waals surface area (Å²) in [7, 11) is 0. The van der Waals surface area contributed by atoms with E-state index < -0.39 is 5.97 Å². The molecule has 6 heteroatoms. The van der Waals surface area contributed by atoms with Crippen molar-refractivity contribution >= 4 is 28.9 Å². The van der Waals surface area contributed by atoms with Gasteiger partial charge in [0.1, 0.15) is 10.8 Å². The van der Waals surface area contributed by atoms with Crippen molar-refractivity contribution < 1.29 is 14.6 Å². The van der Waals surface area contributed by atoms with Crippen LogP contribution in [0.15, 0.2) is 78.9 Å². The number of carboxylic acid groups (broad SMARTS) is 1. The molecular formula is C26H22ClNO3S. The fourth-order valence-corrected chi connectivity index (χ4v) is 5.10. The van der Waals surface area contributed by atoms with Gasteiger partial charge < -0.3 is 9.84 Å². The number of halogens is 1. The monoisotopic (exact) mass is 463 g/mol. The molecule has 0 amide bonds. The van der Waals surface area contributed by atoms with Gasteiger partial charge in [-0.3, -0.25) is 4.79 Å². The third kappa shape index (κ3) is 4.85. The lowest BCUT2D eigenvalue weighted by atomic mass is 9.92. The van der Waals surface area contributed by atoms with E-state index in [9.17, 15) is 9.90 Å². The lowest BCUT2D eigenvalue weighted by molar-refractivity contribution is -0.136. The molecule has 4 rings (SSSR count). The molecule has 1 N–H and O–H groups in total. The fourth-order valence-electron chi connectivity index (χ4n) is 3.70. The number of aromatic nitrogens is 1. The van der Waals surface area contributed by atoms with E-state index in [1.165, 1.54) is 11.3 Å². The SMILES string of the molecule is CCOc1ccc(Cl)cc1-c1nc(C(c2ccccc2)c2ccccc2)sc1CC(=O)O. The predicted molar refractivity (Wildman–Crippen MR) is 129 cm³/mol. The molecule has 0 aliphatic heterocycles. The number of ether oxygens (including phenoxy) is 1. The Morgan fingerprint density at radius 1 is 1.03 bits per heavy atom. The summed E-state index contributed by atoms with van der Waals surface area (Å²) in [4.78, 5) is 17.3. The minimum atomic E-state index is -0.905. The molecular weight excluding hydrogens is 442 g/mol. The smallest absolute Gasteiger partial charge is 0.308 e. The summed E-state index contributed by atoms with van der Waals surface area (Å²) in [5.74, 6) is -0.382. The number of benzene rings is 3. The number of carboxylic acids is 1. The van der Waals surface area contributed by atoms with Crippen molar-refractivity contribution in [2.45, 2.75) is 19.3 Å². The molecule has 0 aliphatic carbocycles. The topological polar surface area (TPSA) is 59.4 Å². The van der Waals surface area contributed by atoms with E-state index in [4.69, 9.17) is 21.3 Å². The Balaban J connectivity index is 1.91. The molecule has 4 aromatic rings. The summed E-state index contributed by atoms with van der Waals surface area (Å²) in [6, 6.07) is 25.6. The van der Waals surface area contributed by atoms with Gasteiger partial charge in [0.15, 0.2) is 0 Å². The van der Waals surface area contributed by atoms with E-state index in [0.29, 0.717) is 33.5 Å². The van der Waals surface area contributed by atoms with Gasteiger partial charge in [-0.1, -0.05) is 72.3 Å². The van der Waals surface area contributed by atoms with Crippen LogP contribution in [0.3, 0.4) is 0 Å². The average Bonchev–Trinajstić information content (AvgIpc) is 3.19. The zero-order chi connectivity index (χ0) is 22.5. The van der Waals surface area contributed by atoms with Crippen molar-refractivity contribution in [3.8, 4) is 17.0 Å². The van der Waals surface area contributed by atoms with Crippen LogP contribution in [0.5, 0.6) is 5.75 Å². The Morgan fingerprint density at radius 2 is 1.66 bits per heavy atom. The molecule has 32 heavy (non-hydrogen) atoms. The Kier molecular flexibility index (Phi) is 6.88. The Labute approximate surface area is 196 Å². The highest BCUT2D eigenvalue weighted by Crippen LogP contribution is 2.41. The van der Waals surface area contributed by atoms with E-state index in [2.05, 4.69) is 24.3 Å². The third-order valence-corrected chi connectivity index (χ3v) is 6.39. The van der Waals surface area contributed by atoms with Crippen LogP contribution in [0.25, 0.3) is 11.3 Å². The lowest BCUT2D eigenvalue weighted by Crippen LogP contribution is -2.03. The summed E-state index contributed by atoms with van der Waals surface area (Å²) < 4.78 is 5.80. The summed E-state index contributed by atoms with van der Waals surface area (Å²) in [5, 5.41) is 10.9. The highest BCUT2D eigenvalue weighted by molar-refractivity contribution is 7.12. The second-order valence-corrected chi connectivity index (χ2v) is 8.77. The molecule has 0 saturated carbocycles. The van der Waals surface area contributed by atoms with E-state index in [1.807, 2.05) is 43.3 Å². The Bertz CT molecular complexity index is 1170. The average molecular weight is 464 g/mol. The molecule has 1 aromatic heterocycles. The standard InChI is InChI=1S/C26H22ClNO3S/c1-2-31-21-14-13-19(27)15-20(21)25-22(16-23(29)30)32-26(28-25)24(17-9-5-3-6-10-17)18-11-7-4-8-12-18/h3-15,24H,2,16H2,1H3,(H,29,30). The largest absolute Gasteiger partial charge is 0.493 e. The highest BCUT2D eigenvalue weighted by Gasteiger charge is 2.25. The zero-order valence-corrected chi connectivity index (χ0v) is 19.1. The minimum absolute atomic E-state index is 0.113. The number of carbonyl (C=O) groups is 1. The van der Waals surface area contributed by atoms with Gasteiger partial charge in [0.25, 0.3) is 0 Å². The van der Waals surface area contributed by atoms with Crippen molar-refractivity contribution in [3.63, 3.8) is 0 Å². The molecule has 0 fully saturated rings. The van der Waals surface area contributed by atoms with Crippen molar-refractivity contribution in [2.24, 2.45) is 0 Å². The molecule has 1 heterocycles. The Morgan fingerprint density at radius 3 is 2.22 bits per heavy atom. The molecule has 0 spiro atoms. The molecule has 3 aromatic carbocycles. The van der Waals surface area contributed by atoms with Crippen LogP contribution in [-0.4, -0.2) is 22.7 Å². The first-order valence-corrected chi connectivity index (χ1v) is 11.5. The number of aliphatic carboxylic acids is 1. The number of hydrogen-bond acceptors (Lipinski definition) is 4. The van der Waals surface area contributed by atoms with E-state index >= 15 is 0 Å². The van der Waals surface area contributed by atoms with Crippen molar-refractivity contribution in [1.29, 1.82) is 0 Å². The van der Waals surface area contributed by atoms with Crippen molar-refractivity contribution in [1.82, 2.24) is 4.98 Å². The quantitative estimate of drug-likeness (QED) is 0.317. The van der Waals surface area contributed by atoms with Crippen LogP contribution in [0.2, 0.25) is 5.02 Å². The van der Waals surface area contributed by atoms with Gasteiger partial charge in [-0.15, -0.1) is 11.3 Å². The lowest BCUT2D eigenvalue weighted by Gasteiger charge is -2.15. The first-order chi connectivity index (χ1) is 15.6. The van der Waals surface area contributed by atoms with Gasteiger partial charge in [-0.2, -0.15) is 0 Å². The maximum absolute atomic E-state index is 11.7. The van der Waals surface area contributed by atoms with Crippen molar-refractivity contribution in [3.05, 3.63) is 105 Å². The number of nitrogens with zero attached hydrogens (tertiary/aromatic N) is 1. The number of thiazole rings is 1. The molecule has 0 atom stereocenters. The van der Waals surface area contributed by atoms with E-state index in [1.54, 1.807) is 18.2 Å². The predicted octanol–water partition coefficient (Wildman–Crippen LogP) is 6.67.